The molecule has 1 nitrogen and oxygen atoms in total. The number of hydrogen-bond donors (Lipinski definition) is 0. The van der Waals surface area contributed by atoms with Crippen LogP contribution in [0.15, 0.2) is 72.8 Å². The van der Waals surface area contributed by atoms with Crippen molar-refractivity contribution in [3.63, 3.8) is 0 Å². The predicted molar refractivity (Wildman–Crippen MR) is 115 cm³/mol. The van der Waals surface area contributed by atoms with Gasteiger partial charge < -0.3 is 4.12 Å². The summed E-state index contributed by atoms with van der Waals surface area (Å²) < 4.78 is 7.06. The Morgan fingerprint density at radius 2 is 1.36 bits per heavy atom. The maximum Gasteiger partial charge on any atom is 0.205 e. The summed E-state index contributed by atoms with van der Waals surface area (Å²) in [7, 11) is -3.62. The van der Waals surface area contributed by atoms with E-state index in [9.17, 15) is 0 Å². The molecule has 3 heteroatoms. The zero-order chi connectivity index (χ0) is 18.1. The monoisotopic (exact) mass is 364 g/mol. The smallest absolute Gasteiger partial charge is 0.205 e. The van der Waals surface area contributed by atoms with Crippen molar-refractivity contribution in [1.29, 1.82) is 0 Å². The summed E-state index contributed by atoms with van der Waals surface area (Å²) in [6.07, 6.45) is 0. The van der Waals surface area contributed by atoms with Gasteiger partial charge in [-0.2, -0.15) is 0 Å². The van der Waals surface area contributed by atoms with Crippen molar-refractivity contribution < 1.29 is 4.12 Å². The highest BCUT2D eigenvalue weighted by Gasteiger charge is 2.37. The van der Waals surface area contributed by atoms with Crippen molar-refractivity contribution in [2.24, 2.45) is 0 Å². The van der Waals surface area contributed by atoms with Crippen LogP contribution in [0.5, 0.6) is 0 Å². The van der Waals surface area contributed by atoms with Crippen molar-refractivity contribution >= 4 is 38.5 Å². The molecule has 0 aromatic heterocycles. The molecule has 3 aromatic rings. The fourth-order valence-electron chi connectivity index (χ4n) is 3.39. The van der Waals surface area contributed by atoms with E-state index >= 15 is 0 Å². The van der Waals surface area contributed by atoms with Crippen LogP contribution in [-0.2, 0) is 4.12 Å². The highest BCUT2D eigenvalue weighted by atomic mass is 28.4. The molecule has 0 fully saturated rings. The number of fused-ring (bicyclic) bond motifs is 1. The van der Waals surface area contributed by atoms with Crippen LogP contribution in [0.4, 0.5) is 0 Å². The molecular weight excluding hydrogens is 336 g/mol. The largest absolute Gasteiger partial charge is 0.450 e. The van der Waals surface area contributed by atoms with E-state index in [1.807, 2.05) is 0 Å². The summed E-state index contributed by atoms with van der Waals surface area (Å²) in [5.74, 6) is 0. The van der Waals surface area contributed by atoms with Gasteiger partial charge in [0.1, 0.15) is 0 Å². The zero-order valence-electron chi connectivity index (χ0n) is 15.9. The molecule has 0 aliphatic heterocycles. The molecule has 130 valence electrons. The topological polar surface area (TPSA) is 9.23 Å². The SMILES string of the molecule is CC(C)(C)[Si@H](O[Si](C)(C)c1ccccc1)c1cccc2ccccc12. The molecule has 3 aromatic carbocycles. The van der Waals surface area contributed by atoms with Gasteiger partial charge >= 0.3 is 0 Å². The van der Waals surface area contributed by atoms with E-state index in [-0.39, 0.29) is 5.04 Å². The lowest BCUT2D eigenvalue weighted by Gasteiger charge is -2.37. The molecule has 0 bridgehead atoms. The van der Waals surface area contributed by atoms with Gasteiger partial charge in [-0.15, -0.1) is 0 Å². The van der Waals surface area contributed by atoms with Crippen LogP contribution >= 0.6 is 0 Å². The highest BCUT2D eigenvalue weighted by Crippen LogP contribution is 2.31. The Bertz CT molecular complexity index is 845. The molecule has 0 heterocycles. The third-order valence-corrected chi connectivity index (χ3v) is 12.4. The Morgan fingerprint density at radius 1 is 0.760 bits per heavy atom. The van der Waals surface area contributed by atoms with Crippen molar-refractivity contribution in [3.8, 4) is 0 Å². The van der Waals surface area contributed by atoms with E-state index in [2.05, 4.69) is 107 Å². The zero-order valence-corrected chi connectivity index (χ0v) is 18.1. The normalized spacial score (nSPS) is 13.8. The molecule has 25 heavy (non-hydrogen) atoms. The van der Waals surface area contributed by atoms with Crippen LogP contribution in [0, 0.1) is 0 Å². The van der Waals surface area contributed by atoms with Gasteiger partial charge in [-0.3, -0.25) is 0 Å². The first kappa shape index (κ1) is 18.1. The molecule has 0 saturated heterocycles. The maximum atomic E-state index is 7.06. The summed E-state index contributed by atoms with van der Waals surface area (Å²) in [6.45, 7) is 11.7. The van der Waals surface area contributed by atoms with Crippen LogP contribution in [0.25, 0.3) is 10.8 Å². The fourth-order valence-corrected chi connectivity index (χ4v) is 11.0. The third kappa shape index (κ3) is 3.94. The third-order valence-electron chi connectivity index (χ3n) is 4.77. The van der Waals surface area contributed by atoms with E-state index in [0.29, 0.717) is 0 Å². The molecule has 1 atom stereocenters. The average Bonchev–Trinajstić information content (AvgIpc) is 2.59. The number of benzene rings is 3. The van der Waals surface area contributed by atoms with Gasteiger partial charge in [-0.1, -0.05) is 93.6 Å². The van der Waals surface area contributed by atoms with Gasteiger partial charge in [0.2, 0.25) is 17.4 Å². The first-order valence-electron chi connectivity index (χ1n) is 9.00. The van der Waals surface area contributed by atoms with Crippen LogP contribution in [-0.4, -0.2) is 17.4 Å². The van der Waals surface area contributed by atoms with E-state index in [4.69, 9.17) is 4.12 Å². The van der Waals surface area contributed by atoms with Crippen molar-refractivity contribution in [2.75, 3.05) is 0 Å². The molecule has 0 unspecified atom stereocenters. The van der Waals surface area contributed by atoms with Gasteiger partial charge in [0.25, 0.3) is 0 Å². The lowest BCUT2D eigenvalue weighted by atomic mass is 10.1. The molecule has 0 spiro atoms. The second kappa shape index (κ2) is 6.91. The van der Waals surface area contributed by atoms with Gasteiger partial charge in [-0.05, 0) is 39.3 Å². The molecule has 0 radical (unpaired) electrons. The Balaban J connectivity index is 2.07. The number of hydrogen-bond acceptors (Lipinski definition) is 1. The van der Waals surface area contributed by atoms with E-state index < -0.39 is 17.4 Å². The summed E-state index contributed by atoms with van der Waals surface area (Å²) >= 11 is 0. The summed E-state index contributed by atoms with van der Waals surface area (Å²) in [4.78, 5) is 0. The van der Waals surface area contributed by atoms with Crippen LogP contribution in [0.2, 0.25) is 18.1 Å². The predicted octanol–water partition coefficient (Wildman–Crippen LogP) is 4.70. The van der Waals surface area contributed by atoms with E-state index in [0.717, 1.165) is 0 Å². The van der Waals surface area contributed by atoms with Crippen molar-refractivity contribution in [3.05, 3.63) is 72.8 Å². The molecule has 0 N–H and O–H groups in total. The quantitative estimate of drug-likeness (QED) is 0.610. The van der Waals surface area contributed by atoms with Crippen molar-refractivity contribution in [2.45, 2.75) is 38.9 Å². The Morgan fingerprint density at radius 3 is 2.04 bits per heavy atom. The van der Waals surface area contributed by atoms with E-state index in [1.165, 1.54) is 21.1 Å². The van der Waals surface area contributed by atoms with Crippen LogP contribution < -0.4 is 10.4 Å². The second-order valence-electron chi connectivity index (χ2n) is 8.31. The molecule has 0 aliphatic rings. The molecule has 0 amide bonds. The maximum absolute atomic E-state index is 7.06. The Kier molecular flexibility index (Phi) is 5.00. The first-order chi connectivity index (χ1) is 11.8. The molecular formula is C22H28OSi2. The molecule has 0 saturated carbocycles. The summed E-state index contributed by atoms with van der Waals surface area (Å²) in [6, 6.07) is 26.2. The minimum Gasteiger partial charge on any atom is -0.450 e. The van der Waals surface area contributed by atoms with Gasteiger partial charge in [0.05, 0.1) is 0 Å². The van der Waals surface area contributed by atoms with Gasteiger partial charge in [-0.25, -0.2) is 0 Å². The summed E-state index contributed by atoms with van der Waals surface area (Å²) in [5, 5.41) is 5.63. The minimum absolute atomic E-state index is 0.156. The fraction of sp³-hybridized carbons (Fsp3) is 0.273. The highest BCUT2D eigenvalue weighted by molar-refractivity contribution is 6.92. The second-order valence-corrected chi connectivity index (χ2v) is 16.0. The van der Waals surface area contributed by atoms with E-state index in [1.54, 1.807) is 0 Å². The molecule has 0 aliphatic carbocycles. The lowest BCUT2D eigenvalue weighted by Crippen LogP contribution is -2.55. The van der Waals surface area contributed by atoms with Gasteiger partial charge in [0.15, 0.2) is 0 Å². The Labute approximate surface area is 154 Å². The lowest BCUT2D eigenvalue weighted by molar-refractivity contribution is 0.533. The van der Waals surface area contributed by atoms with Gasteiger partial charge in [0, 0.05) is 0 Å². The van der Waals surface area contributed by atoms with Crippen molar-refractivity contribution in [1.82, 2.24) is 0 Å². The van der Waals surface area contributed by atoms with Crippen LogP contribution in [0.3, 0.4) is 0 Å². The average molecular weight is 365 g/mol. The molecule has 3 rings (SSSR count). The first-order valence-corrected chi connectivity index (χ1v) is 13.5. The number of rotatable bonds is 4. The minimum atomic E-state index is -1.96. The van der Waals surface area contributed by atoms with Crippen LogP contribution in [0.1, 0.15) is 20.8 Å². The standard InChI is InChI=1S/C22H28OSi2/c1-22(2,3)24(23-25(4,5)19-14-7-6-8-15-19)21-17-11-13-18-12-9-10-16-20(18)21/h6-17,24H,1-5H3/t24-/m1/s1. The Hall–Kier alpha value is -1.69. The summed E-state index contributed by atoms with van der Waals surface area (Å²) in [5.41, 5.74) is 0.